The highest BCUT2D eigenvalue weighted by molar-refractivity contribution is 6.11. The molecule has 10 aromatic carbocycles. The van der Waals surface area contributed by atoms with E-state index in [0.29, 0.717) is 0 Å². The van der Waals surface area contributed by atoms with Gasteiger partial charge in [0.25, 0.3) is 0 Å². The average Bonchev–Trinajstić information content (AvgIpc) is 3.79. The summed E-state index contributed by atoms with van der Waals surface area (Å²) in [7, 11) is 0. The van der Waals surface area contributed by atoms with E-state index in [0.717, 1.165) is 33.3 Å². The molecule has 0 aliphatic heterocycles. The summed E-state index contributed by atoms with van der Waals surface area (Å²) >= 11 is 0. The summed E-state index contributed by atoms with van der Waals surface area (Å²) in [6.45, 7) is 16.4. The molecule has 356 valence electrons. The Bertz CT molecular complexity index is 3920. The summed E-state index contributed by atoms with van der Waals surface area (Å²) in [5.74, 6) is 0.0689. The second-order valence-corrected chi connectivity index (χ2v) is 22.1. The summed E-state index contributed by atoms with van der Waals surface area (Å²) < 4.78 is 6.51. The number of hydrogen-bond donors (Lipinski definition) is 0. The zero-order chi connectivity index (χ0) is 50.0. The van der Waals surface area contributed by atoms with Crippen molar-refractivity contribution in [2.75, 3.05) is 4.90 Å². The van der Waals surface area contributed by atoms with Gasteiger partial charge in [0.05, 0.1) is 6.04 Å². The molecule has 1 aliphatic rings. The van der Waals surface area contributed by atoms with E-state index < -0.39 is 0 Å². The Morgan fingerprint density at radius 3 is 1.48 bits per heavy atom. The van der Waals surface area contributed by atoms with Crippen LogP contribution in [0, 0.1) is 5.92 Å². The van der Waals surface area contributed by atoms with Gasteiger partial charge in [-0.25, -0.2) is 0 Å². The Hall–Kier alpha value is -8.20. The largest absolute Gasteiger partial charge is 0.456 e. The standard InChI is InChI=1S/C71H61NO/c1-46-54(50-40-41-60-59-30-13-16-39-66(59)73-67(60)44-50)31-21-38-63(46)72(64-36-14-11-28-57(64)61-34-19-26-48-24-17-32-55(68(48)61)47-22-9-8-10-23-47)65-37-15-12-29-58(65)62-35-20-27-49-25-18-33-56(69(49)62)51-42-52(70(2,3)4)45-53(43-51)71(5,6)7/h8-46,63H,1-7H3. The molecule has 2 heteroatoms. The van der Waals surface area contributed by atoms with E-state index in [2.05, 4.69) is 278 Å². The van der Waals surface area contributed by atoms with Gasteiger partial charge in [-0.15, -0.1) is 0 Å². The van der Waals surface area contributed by atoms with E-state index in [1.807, 2.05) is 6.07 Å². The molecular weight excluding hydrogens is 883 g/mol. The molecule has 0 spiro atoms. The molecule has 1 heterocycles. The number of rotatable bonds is 8. The summed E-state index contributed by atoms with van der Waals surface area (Å²) in [5.41, 5.74) is 18.9. The predicted octanol–water partition coefficient (Wildman–Crippen LogP) is 20.0. The zero-order valence-corrected chi connectivity index (χ0v) is 42.9. The van der Waals surface area contributed by atoms with Crippen LogP contribution in [0.15, 0.2) is 235 Å². The van der Waals surface area contributed by atoms with Gasteiger partial charge in [-0.3, -0.25) is 0 Å². The average molecular weight is 944 g/mol. The molecule has 1 aromatic heterocycles. The molecular formula is C71H61NO. The topological polar surface area (TPSA) is 16.4 Å². The Morgan fingerprint density at radius 1 is 0.397 bits per heavy atom. The van der Waals surface area contributed by atoms with Crippen LogP contribution in [0.3, 0.4) is 0 Å². The highest BCUT2D eigenvalue weighted by atomic mass is 16.3. The molecule has 0 saturated heterocycles. The van der Waals surface area contributed by atoms with Crippen LogP contribution in [0.25, 0.3) is 93.6 Å². The third-order valence-electron chi connectivity index (χ3n) is 15.4. The first kappa shape index (κ1) is 45.9. The maximum atomic E-state index is 6.51. The fourth-order valence-corrected chi connectivity index (χ4v) is 11.5. The Kier molecular flexibility index (Phi) is 11.4. The van der Waals surface area contributed by atoms with E-state index in [1.54, 1.807) is 0 Å². The molecule has 2 nitrogen and oxygen atoms in total. The van der Waals surface area contributed by atoms with Gasteiger partial charge in [-0.2, -0.15) is 0 Å². The van der Waals surface area contributed by atoms with Crippen molar-refractivity contribution in [1.29, 1.82) is 0 Å². The third-order valence-corrected chi connectivity index (χ3v) is 15.4. The molecule has 0 amide bonds. The Labute approximate surface area is 430 Å². The maximum Gasteiger partial charge on any atom is 0.136 e. The number of allylic oxidation sites excluding steroid dienone is 2. The van der Waals surface area contributed by atoms with Crippen molar-refractivity contribution in [3.05, 3.63) is 247 Å². The van der Waals surface area contributed by atoms with Gasteiger partial charge in [0.15, 0.2) is 0 Å². The van der Waals surface area contributed by atoms with Crippen LogP contribution in [0.1, 0.15) is 65.2 Å². The van der Waals surface area contributed by atoms with Gasteiger partial charge < -0.3 is 9.32 Å². The van der Waals surface area contributed by atoms with Gasteiger partial charge in [-0.1, -0.05) is 249 Å². The lowest BCUT2D eigenvalue weighted by molar-refractivity contribution is 0.569. The van der Waals surface area contributed by atoms with Crippen LogP contribution in [0.5, 0.6) is 0 Å². The molecule has 0 N–H and O–H groups in total. The van der Waals surface area contributed by atoms with E-state index in [4.69, 9.17) is 4.42 Å². The number of anilines is 2. The molecule has 2 unspecified atom stereocenters. The quantitative estimate of drug-likeness (QED) is 0.151. The van der Waals surface area contributed by atoms with Crippen molar-refractivity contribution in [2.24, 2.45) is 5.92 Å². The van der Waals surface area contributed by atoms with Gasteiger partial charge in [0.2, 0.25) is 0 Å². The molecule has 73 heavy (non-hydrogen) atoms. The second-order valence-electron chi connectivity index (χ2n) is 22.1. The van der Waals surface area contributed by atoms with Gasteiger partial charge in [-0.05, 0) is 118 Å². The highest BCUT2D eigenvalue weighted by Crippen LogP contribution is 2.50. The lowest BCUT2D eigenvalue weighted by Crippen LogP contribution is -2.37. The molecule has 0 bridgehead atoms. The lowest BCUT2D eigenvalue weighted by atomic mass is 9.78. The van der Waals surface area contributed by atoms with Crippen LogP contribution in [-0.4, -0.2) is 6.04 Å². The number of para-hydroxylation sites is 3. The van der Waals surface area contributed by atoms with Crippen molar-refractivity contribution in [2.45, 2.75) is 65.3 Å². The summed E-state index contributed by atoms with van der Waals surface area (Å²) in [4.78, 5) is 2.65. The number of nitrogens with zero attached hydrogens (tertiary/aromatic N) is 1. The normalized spacial score (nSPS) is 15.1. The van der Waals surface area contributed by atoms with Crippen molar-refractivity contribution < 1.29 is 4.42 Å². The minimum Gasteiger partial charge on any atom is -0.456 e. The number of hydrogen-bond acceptors (Lipinski definition) is 2. The fourth-order valence-electron chi connectivity index (χ4n) is 11.5. The van der Waals surface area contributed by atoms with E-state index in [-0.39, 0.29) is 22.8 Å². The molecule has 0 radical (unpaired) electrons. The van der Waals surface area contributed by atoms with Crippen molar-refractivity contribution in [3.63, 3.8) is 0 Å². The predicted molar refractivity (Wildman–Crippen MR) is 313 cm³/mol. The summed E-state index contributed by atoms with van der Waals surface area (Å²) in [6.07, 6.45) is 7.00. The molecule has 0 fully saturated rings. The first-order valence-electron chi connectivity index (χ1n) is 25.9. The number of fused-ring (bicyclic) bond motifs is 5. The molecule has 1 aliphatic carbocycles. The van der Waals surface area contributed by atoms with E-state index >= 15 is 0 Å². The molecule has 11 aromatic rings. The summed E-state index contributed by atoms with van der Waals surface area (Å²) in [5, 5.41) is 7.21. The third kappa shape index (κ3) is 8.26. The minimum absolute atomic E-state index is 0.0226. The van der Waals surface area contributed by atoms with Crippen molar-refractivity contribution in [1.82, 2.24) is 0 Å². The number of furan rings is 1. The Morgan fingerprint density at radius 2 is 0.890 bits per heavy atom. The van der Waals surface area contributed by atoms with E-state index in [9.17, 15) is 0 Å². The zero-order valence-electron chi connectivity index (χ0n) is 42.9. The first-order valence-corrected chi connectivity index (χ1v) is 25.9. The molecule has 0 saturated carbocycles. The SMILES string of the molecule is CC1C(c2ccc3c(c2)oc2ccccc23)=CC=CC1N(c1ccccc1-c1cccc2cccc(-c3ccccc3)c12)c1ccccc1-c1cccc2cccc(-c3cc(C(C)(C)C)cc(C(C)(C)C)c3)c12. The van der Waals surface area contributed by atoms with Crippen molar-refractivity contribution >= 4 is 60.4 Å². The first-order chi connectivity index (χ1) is 35.4. The monoisotopic (exact) mass is 943 g/mol. The number of benzene rings is 10. The smallest absolute Gasteiger partial charge is 0.136 e. The van der Waals surface area contributed by atoms with Crippen molar-refractivity contribution in [3.8, 4) is 44.5 Å². The minimum atomic E-state index is -0.0792. The van der Waals surface area contributed by atoms with Crippen LogP contribution in [0.4, 0.5) is 11.4 Å². The highest BCUT2D eigenvalue weighted by Gasteiger charge is 2.33. The fraction of sp³-hybridized carbons (Fsp3) is 0.155. The Balaban J connectivity index is 1.09. The van der Waals surface area contributed by atoms with E-state index in [1.165, 1.54) is 88.3 Å². The van der Waals surface area contributed by atoms with Crippen LogP contribution < -0.4 is 4.90 Å². The van der Waals surface area contributed by atoms with Crippen LogP contribution in [-0.2, 0) is 10.8 Å². The van der Waals surface area contributed by atoms with Crippen LogP contribution >= 0.6 is 0 Å². The molecule has 2 atom stereocenters. The lowest BCUT2D eigenvalue weighted by Gasteiger charge is -2.40. The molecule has 12 rings (SSSR count). The second kappa shape index (κ2) is 18.1. The van der Waals surface area contributed by atoms with Gasteiger partial charge >= 0.3 is 0 Å². The maximum absolute atomic E-state index is 6.51. The summed E-state index contributed by atoms with van der Waals surface area (Å²) in [6, 6.07) is 78.6. The van der Waals surface area contributed by atoms with Crippen LogP contribution in [0.2, 0.25) is 0 Å². The van der Waals surface area contributed by atoms with Gasteiger partial charge in [0, 0.05) is 39.2 Å². The van der Waals surface area contributed by atoms with Gasteiger partial charge in [0.1, 0.15) is 11.2 Å².